The molecule has 0 atom stereocenters. The van der Waals surface area contributed by atoms with Gasteiger partial charge in [-0.1, -0.05) is 0 Å². The van der Waals surface area contributed by atoms with Crippen LogP contribution >= 0.6 is 0 Å². The third-order valence-electron chi connectivity index (χ3n) is 1.93. The van der Waals surface area contributed by atoms with Gasteiger partial charge in [0, 0.05) is 0 Å². The molecule has 0 spiro atoms. The number of rotatable bonds is 2. The fraction of sp³-hybridized carbons (Fsp3) is 0. The molecule has 0 saturated carbocycles. The molecule has 0 radical (unpaired) electrons. The number of hydrogen-bond donors (Lipinski definition) is 0. The summed E-state index contributed by atoms with van der Waals surface area (Å²) in [7, 11) is 0. The third-order valence-corrected chi connectivity index (χ3v) is 3.37. The van der Waals surface area contributed by atoms with Crippen LogP contribution in [0.15, 0.2) is 60.7 Å². The van der Waals surface area contributed by atoms with E-state index in [1.54, 1.807) is 0 Å². The van der Waals surface area contributed by atoms with E-state index < -0.39 is 0 Å². The Hall–Kier alpha value is -0.548. The molecule has 0 amide bonds. The summed E-state index contributed by atoms with van der Waals surface area (Å²) < 4.78 is 2.90. The van der Waals surface area contributed by atoms with Crippen LogP contribution in [-0.4, -0.2) is 15.2 Å². The number of halogens is 1. The van der Waals surface area contributed by atoms with Crippen molar-refractivity contribution in [3.63, 3.8) is 0 Å². The third kappa shape index (κ3) is 3.31. The van der Waals surface area contributed by atoms with E-state index in [0.29, 0.717) is 0 Å². The molecular weight excluding hydrogens is 251 g/mol. The molecule has 0 aliphatic rings. The summed E-state index contributed by atoms with van der Waals surface area (Å²) in [6.07, 6.45) is 0. The Morgan fingerprint density at radius 3 is 1.29 bits per heavy atom. The SMILES string of the molecule is [Br-].c1cc[c]([Al+][c]2ccccc2)cc1. The molecule has 0 saturated heterocycles. The van der Waals surface area contributed by atoms with Crippen molar-refractivity contribution in [1.82, 2.24) is 0 Å². The summed E-state index contributed by atoms with van der Waals surface area (Å²) in [5, 5.41) is 0. The van der Waals surface area contributed by atoms with Gasteiger partial charge in [-0.2, -0.15) is 0 Å². The maximum atomic E-state index is 2.20. The Bertz CT molecular complexity index is 321. The first kappa shape index (κ1) is 11.5. The average molecular weight is 261 g/mol. The average Bonchev–Trinajstić information content (AvgIpc) is 2.21. The van der Waals surface area contributed by atoms with Crippen LogP contribution in [0, 0.1) is 0 Å². The van der Waals surface area contributed by atoms with Gasteiger partial charge in [0.1, 0.15) is 0 Å². The zero-order chi connectivity index (χ0) is 8.93. The molecule has 2 heteroatoms. The number of benzene rings is 2. The fourth-order valence-corrected chi connectivity index (χ4v) is 2.51. The second kappa shape index (κ2) is 6.03. The molecule has 68 valence electrons. The van der Waals surface area contributed by atoms with Crippen LogP contribution in [0.25, 0.3) is 0 Å². The molecular formula is C12H10AlBr. The van der Waals surface area contributed by atoms with Gasteiger partial charge in [-0.3, -0.25) is 0 Å². The van der Waals surface area contributed by atoms with Crippen molar-refractivity contribution in [2.45, 2.75) is 0 Å². The summed E-state index contributed by atoms with van der Waals surface area (Å²) in [4.78, 5) is 0. The second-order valence-corrected chi connectivity index (χ2v) is 4.59. The first-order chi connectivity index (χ1) is 6.45. The molecule has 0 aliphatic heterocycles. The Labute approximate surface area is 101 Å². The molecule has 14 heavy (non-hydrogen) atoms. The van der Waals surface area contributed by atoms with E-state index in [1.165, 1.54) is 8.85 Å². The van der Waals surface area contributed by atoms with Gasteiger partial charge in [0.25, 0.3) is 0 Å². The van der Waals surface area contributed by atoms with Crippen molar-refractivity contribution >= 4 is 24.1 Å². The normalized spacial score (nSPS) is 8.57. The van der Waals surface area contributed by atoms with Gasteiger partial charge in [-0.05, 0) is 0 Å². The van der Waals surface area contributed by atoms with Gasteiger partial charge in [0.15, 0.2) is 0 Å². The van der Waals surface area contributed by atoms with Crippen molar-refractivity contribution in [1.29, 1.82) is 0 Å². The first-order valence-corrected chi connectivity index (χ1v) is 5.55. The number of hydrogen-bond acceptors (Lipinski definition) is 0. The van der Waals surface area contributed by atoms with E-state index >= 15 is 0 Å². The van der Waals surface area contributed by atoms with E-state index in [2.05, 4.69) is 60.7 Å². The molecule has 0 N–H and O–H groups in total. The Kier molecular flexibility index (Phi) is 4.97. The van der Waals surface area contributed by atoms with Crippen molar-refractivity contribution < 1.29 is 17.0 Å². The predicted octanol–water partition coefficient (Wildman–Crippen LogP) is -1.65. The standard InChI is InChI=1S/2C6H5.Al.BrH/c2*1-2-4-6-5-3-1;;/h2*1-5H;;1H/q;;+1;/p-1. The van der Waals surface area contributed by atoms with Crippen LogP contribution in [0.5, 0.6) is 0 Å². The van der Waals surface area contributed by atoms with Crippen LogP contribution in [0.2, 0.25) is 0 Å². The molecule has 0 aliphatic carbocycles. The van der Waals surface area contributed by atoms with E-state index in [4.69, 9.17) is 0 Å². The summed E-state index contributed by atoms with van der Waals surface area (Å²) in [5.41, 5.74) is 0. The first-order valence-electron chi connectivity index (χ1n) is 4.40. The molecule has 0 bridgehead atoms. The molecule has 0 heterocycles. The van der Waals surface area contributed by atoms with Gasteiger partial charge in [0.2, 0.25) is 0 Å². The Balaban J connectivity index is 0.000000980. The molecule has 0 aromatic heterocycles. The van der Waals surface area contributed by atoms with Crippen molar-refractivity contribution in [3.8, 4) is 0 Å². The molecule has 2 aromatic rings. The van der Waals surface area contributed by atoms with Crippen LogP contribution < -0.4 is 25.8 Å². The quantitative estimate of drug-likeness (QED) is 0.568. The van der Waals surface area contributed by atoms with Gasteiger partial charge in [0.05, 0.1) is 0 Å². The molecule has 0 fully saturated rings. The van der Waals surface area contributed by atoms with E-state index in [-0.39, 0.29) is 32.2 Å². The summed E-state index contributed by atoms with van der Waals surface area (Å²) >= 11 is 0.271. The van der Waals surface area contributed by atoms with Gasteiger partial charge in [-0.25, -0.2) is 0 Å². The fourth-order valence-electron chi connectivity index (χ4n) is 1.29. The summed E-state index contributed by atoms with van der Waals surface area (Å²) in [6, 6.07) is 21.3. The zero-order valence-corrected chi connectivity index (χ0v) is 10.5. The van der Waals surface area contributed by atoms with Crippen molar-refractivity contribution in [2.24, 2.45) is 0 Å². The van der Waals surface area contributed by atoms with Gasteiger partial charge in [-0.15, -0.1) is 0 Å². The van der Waals surface area contributed by atoms with E-state index in [9.17, 15) is 0 Å². The monoisotopic (exact) mass is 260 g/mol. The Morgan fingerprint density at radius 2 is 0.929 bits per heavy atom. The zero-order valence-electron chi connectivity index (χ0n) is 7.73. The second-order valence-electron chi connectivity index (χ2n) is 2.97. The Morgan fingerprint density at radius 1 is 0.571 bits per heavy atom. The molecule has 2 aromatic carbocycles. The van der Waals surface area contributed by atoms with E-state index in [0.717, 1.165) is 0 Å². The molecule has 0 nitrogen and oxygen atoms in total. The summed E-state index contributed by atoms with van der Waals surface area (Å²) in [5.74, 6) is 0. The predicted molar refractivity (Wildman–Crippen MR) is 57.9 cm³/mol. The van der Waals surface area contributed by atoms with Gasteiger partial charge >= 0.3 is 84.7 Å². The summed E-state index contributed by atoms with van der Waals surface area (Å²) in [6.45, 7) is 0. The maximum absolute atomic E-state index is 2.20. The topological polar surface area (TPSA) is 0 Å². The van der Waals surface area contributed by atoms with E-state index in [1.807, 2.05) is 0 Å². The van der Waals surface area contributed by atoms with Crippen molar-refractivity contribution in [3.05, 3.63) is 60.7 Å². The van der Waals surface area contributed by atoms with Crippen LogP contribution in [0.3, 0.4) is 0 Å². The molecule has 2 rings (SSSR count). The van der Waals surface area contributed by atoms with Gasteiger partial charge < -0.3 is 17.0 Å². The van der Waals surface area contributed by atoms with Crippen molar-refractivity contribution in [2.75, 3.05) is 0 Å². The van der Waals surface area contributed by atoms with Crippen LogP contribution in [0.4, 0.5) is 0 Å². The minimum absolute atomic E-state index is 0. The molecule has 0 unspecified atom stereocenters. The minimum atomic E-state index is 0. The van der Waals surface area contributed by atoms with Crippen LogP contribution in [-0.2, 0) is 0 Å². The van der Waals surface area contributed by atoms with Crippen LogP contribution in [0.1, 0.15) is 0 Å².